The van der Waals surface area contributed by atoms with Crippen LogP contribution in [0, 0.1) is 0 Å². The van der Waals surface area contributed by atoms with Gasteiger partial charge in [0.2, 0.25) is 0 Å². The molecule has 1 nitrogen and oxygen atoms in total. The van der Waals surface area contributed by atoms with Crippen molar-refractivity contribution in [3.05, 3.63) is 42.2 Å². The van der Waals surface area contributed by atoms with Crippen molar-refractivity contribution >= 4 is 85.7 Å². The van der Waals surface area contributed by atoms with E-state index in [1.54, 1.807) is 0 Å². The lowest BCUT2D eigenvalue weighted by Gasteiger charge is -1.99. The summed E-state index contributed by atoms with van der Waals surface area (Å²) in [6.45, 7) is 0. The molecule has 0 aliphatic heterocycles. The third-order valence-electron chi connectivity index (χ3n) is 2.55. The van der Waals surface area contributed by atoms with Crippen LogP contribution >= 0.6 is 63.7 Å². The molecule has 0 radical (unpaired) electrons. The number of halogens is 4. The molecule has 17 heavy (non-hydrogen) atoms. The fourth-order valence-electron chi connectivity index (χ4n) is 1.84. The first-order valence-corrected chi connectivity index (χ1v) is 7.90. The molecular formula is C12H4Br4O. The summed E-state index contributed by atoms with van der Waals surface area (Å²) in [6.07, 6.45) is 0. The molecule has 1 aromatic heterocycles. The van der Waals surface area contributed by atoms with Gasteiger partial charge in [-0.05, 0) is 72.1 Å². The van der Waals surface area contributed by atoms with E-state index in [2.05, 4.69) is 63.7 Å². The van der Waals surface area contributed by atoms with Gasteiger partial charge in [0.25, 0.3) is 0 Å². The van der Waals surface area contributed by atoms with Gasteiger partial charge in [-0.2, -0.15) is 0 Å². The van der Waals surface area contributed by atoms with Crippen LogP contribution in [0.1, 0.15) is 0 Å². The molecule has 0 amide bonds. The predicted octanol–water partition coefficient (Wildman–Crippen LogP) is 6.64. The third kappa shape index (κ3) is 1.91. The molecule has 0 bridgehead atoms. The third-order valence-corrected chi connectivity index (χ3v) is 5.65. The first-order chi connectivity index (χ1) is 8.08. The van der Waals surface area contributed by atoms with E-state index in [-0.39, 0.29) is 0 Å². The second-order valence-electron chi connectivity index (χ2n) is 3.60. The molecule has 0 spiro atoms. The summed E-state index contributed by atoms with van der Waals surface area (Å²) in [7, 11) is 0. The van der Waals surface area contributed by atoms with Crippen molar-refractivity contribution in [2.45, 2.75) is 0 Å². The highest BCUT2D eigenvalue weighted by molar-refractivity contribution is 9.13. The summed E-state index contributed by atoms with van der Waals surface area (Å²) in [5.41, 5.74) is 1.73. The maximum atomic E-state index is 5.84. The van der Waals surface area contributed by atoms with Crippen LogP contribution in [-0.2, 0) is 0 Å². The zero-order valence-electron chi connectivity index (χ0n) is 8.23. The molecule has 0 fully saturated rings. The maximum Gasteiger partial charge on any atom is 0.137 e. The Hall–Kier alpha value is 0.160. The Morgan fingerprint density at radius 1 is 0.765 bits per heavy atom. The number of hydrogen-bond donors (Lipinski definition) is 0. The summed E-state index contributed by atoms with van der Waals surface area (Å²) in [5.74, 6) is 0. The van der Waals surface area contributed by atoms with Gasteiger partial charge in [0.05, 0.1) is 0 Å². The van der Waals surface area contributed by atoms with Crippen LogP contribution in [0.3, 0.4) is 0 Å². The summed E-state index contributed by atoms with van der Waals surface area (Å²) in [5, 5.41) is 2.16. The molecule has 1 heterocycles. The van der Waals surface area contributed by atoms with E-state index in [1.807, 2.05) is 24.3 Å². The molecule has 0 atom stereocenters. The molecule has 0 aliphatic carbocycles. The van der Waals surface area contributed by atoms with E-state index in [0.29, 0.717) is 0 Å². The highest BCUT2D eigenvalue weighted by atomic mass is 79.9. The van der Waals surface area contributed by atoms with Crippen molar-refractivity contribution < 1.29 is 4.42 Å². The molecule has 0 saturated heterocycles. The molecule has 3 rings (SSSR count). The Morgan fingerprint density at radius 3 is 2.29 bits per heavy atom. The topological polar surface area (TPSA) is 13.1 Å². The Morgan fingerprint density at radius 2 is 1.53 bits per heavy atom. The van der Waals surface area contributed by atoms with Crippen molar-refractivity contribution in [1.82, 2.24) is 0 Å². The van der Waals surface area contributed by atoms with Crippen LogP contribution < -0.4 is 0 Å². The van der Waals surface area contributed by atoms with Crippen molar-refractivity contribution in [2.75, 3.05) is 0 Å². The lowest BCUT2D eigenvalue weighted by Crippen LogP contribution is -1.74. The second-order valence-corrected chi connectivity index (χ2v) is 7.01. The van der Waals surface area contributed by atoms with Gasteiger partial charge in [0, 0.05) is 28.7 Å². The van der Waals surface area contributed by atoms with E-state index >= 15 is 0 Å². The fraction of sp³-hybridized carbons (Fsp3) is 0. The van der Waals surface area contributed by atoms with Crippen molar-refractivity contribution in [3.63, 3.8) is 0 Å². The van der Waals surface area contributed by atoms with Crippen LogP contribution in [0.4, 0.5) is 0 Å². The van der Waals surface area contributed by atoms with Crippen LogP contribution in [0.2, 0.25) is 0 Å². The van der Waals surface area contributed by atoms with E-state index in [1.165, 1.54) is 0 Å². The summed E-state index contributed by atoms with van der Waals surface area (Å²) >= 11 is 14.2. The number of benzene rings is 2. The standard InChI is InChI=1S/C12H4Br4O/c13-5-3-7(15)10-9(4-5)17-8-2-1-6(14)12(16)11(8)10/h1-4H. The van der Waals surface area contributed by atoms with Crippen molar-refractivity contribution in [2.24, 2.45) is 0 Å². The Labute approximate surface area is 131 Å². The Balaban J connectivity index is 2.62. The van der Waals surface area contributed by atoms with E-state index in [0.717, 1.165) is 39.8 Å². The molecule has 0 unspecified atom stereocenters. The average Bonchev–Trinajstić information content (AvgIpc) is 2.62. The minimum Gasteiger partial charge on any atom is -0.456 e. The summed E-state index contributed by atoms with van der Waals surface area (Å²) in [6, 6.07) is 7.92. The van der Waals surface area contributed by atoms with E-state index in [9.17, 15) is 0 Å². The van der Waals surface area contributed by atoms with Gasteiger partial charge in [0.1, 0.15) is 11.2 Å². The summed E-state index contributed by atoms with van der Waals surface area (Å²) < 4.78 is 9.87. The monoisotopic (exact) mass is 480 g/mol. The molecular weight excluding hydrogens is 480 g/mol. The zero-order chi connectivity index (χ0) is 12.2. The van der Waals surface area contributed by atoms with Gasteiger partial charge in [-0.15, -0.1) is 0 Å². The van der Waals surface area contributed by atoms with Crippen molar-refractivity contribution in [3.8, 4) is 0 Å². The Bertz CT molecular complexity index is 745. The first kappa shape index (κ1) is 12.2. The van der Waals surface area contributed by atoms with E-state index < -0.39 is 0 Å². The van der Waals surface area contributed by atoms with Gasteiger partial charge in [-0.25, -0.2) is 0 Å². The SMILES string of the molecule is Brc1cc(Br)c2c(c1)oc1ccc(Br)c(Br)c12. The maximum absolute atomic E-state index is 5.84. The normalized spacial score (nSPS) is 11.5. The first-order valence-electron chi connectivity index (χ1n) is 4.73. The second kappa shape index (κ2) is 4.37. The summed E-state index contributed by atoms with van der Waals surface area (Å²) in [4.78, 5) is 0. The molecule has 0 aliphatic rings. The number of hydrogen-bond acceptors (Lipinski definition) is 1. The molecule has 5 heteroatoms. The molecule has 3 aromatic rings. The molecule has 2 aromatic carbocycles. The molecule has 0 N–H and O–H groups in total. The fourth-order valence-corrected chi connectivity index (χ4v) is 4.08. The minimum absolute atomic E-state index is 0.861. The highest BCUT2D eigenvalue weighted by Crippen LogP contribution is 2.42. The largest absolute Gasteiger partial charge is 0.456 e. The number of furan rings is 1. The van der Waals surface area contributed by atoms with Crippen LogP contribution in [0.15, 0.2) is 46.6 Å². The van der Waals surface area contributed by atoms with Gasteiger partial charge in [0.15, 0.2) is 0 Å². The minimum atomic E-state index is 0.861. The highest BCUT2D eigenvalue weighted by Gasteiger charge is 2.15. The smallest absolute Gasteiger partial charge is 0.137 e. The number of fused-ring (bicyclic) bond motifs is 3. The van der Waals surface area contributed by atoms with Crippen LogP contribution in [-0.4, -0.2) is 0 Å². The number of rotatable bonds is 0. The zero-order valence-corrected chi connectivity index (χ0v) is 14.6. The lowest BCUT2D eigenvalue weighted by atomic mass is 10.1. The molecule has 86 valence electrons. The van der Waals surface area contributed by atoms with Gasteiger partial charge in [-0.1, -0.05) is 15.9 Å². The quantitative estimate of drug-likeness (QED) is 0.349. The lowest BCUT2D eigenvalue weighted by molar-refractivity contribution is 0.668. The van der Waals surface area contributed by atoms with Crippen molar-refractivity contribution in [1.29, 1.82) is 0 Å². The predicted molar refractivity (Wildman–Crippen MR) is 84.5 cm³/mol. The molecule has 0 saturated carbocycles. The Kier molecular flexibility index (Phi) is 3.14. The van der Waals surface area contributed by atoms with E-state index in [4.69, 9.17) is 4.42 Å². The van der Waals surface area contributed by atoms with Gasteiger partial charge < -0.3 is 4.42 Å². The average molecular weight is 484 g/mol. The van der Waals surface area contributed by atoms with Gasteiger partial charge >= 0.3 is 0 Å². The van der Waals surface area contributed by atoms with Crippen LogP contribution in [0.5, 0.6) is 0 Å². The van der Waals surface area contributed by atoms with Gasteiger partial charge in [-0.3, -0.25) is 0 Å². The van der Waals surface area contributed by atoms with Crippen LogP contribution in [0.25, 0.3) is 21.9 Å².